The number of sulfone groups is 1. The summed E-state index contributed by atoms with van der Waals surface area (Å²) in [4.78, 5) is 17.0. The quantitative estimate of drug-likeness (QED) is 0.670. The van der Waals surface area contributed by atoms with Gasteiger partial charge in [-0.2, -0.15) is 0 Å². The third-order valence-electron chi connectivity index (χ3n) is 3.73. The van der Waals surface area contributed by atoms with E-state index in [0.717, 1.165) is 10.5 Å². The fourth-order valence-electron chi connectivity index (χ4n) is 2.27. The van der Waals surface area contributed by atoms with E-state index >= 15 is 0 Å². The van der Waals surface area contributed by atoms with Gasteiger partial charge in [0.25, 0.3) is 0 Å². The van der Waals surface area contributed by atoms with Crippen molar-refractivity contribution in [3.05, 3.63) is 54.1 Å². The molecule has 136 valence electrons. The van der Waals surface area contributed by atoms with E-state index < -0.39 is 9.84 Å². The Morgan fingerprint density at radius 3 is 2.65 bits per heavy atom. The molecule has 0 saturated carbocycles. The van der Waals surface area contributed by atoms with E-state index in [-0.39, 0.29) is 16.1 Å². The van der Waals surface area contributed by atoms with Gasteiger partial charge in [0.05, 0.1) is 20.4 Å². The highest BCUT2D eigenvalue weighted by molar-refractivity contribution is 7.99. The molecular weight excluding hydrogens is 388 g/mol. The third kappa shape index (κ3) is 4.63. The van der Waals surface area contributed by atoms with Crippen LogP contribution < -0.4 is 5.32 Å². The van der Waals surface area contributed by atoms with Crippen molar-refractivity contribution in [2.75, 3.05) is 11.6 Å². The van der Waals surface area contributed by atoms with Crippen molar-refractivity contribution in [3.8, 4) is 0 Å². The average molecular weight is 407 g/mol. The number of anilines is 1. The minimum Gasteiger partial charge on any atom is -0.301 e. The van der Waals surface area contributed by atoms with Crippen LogP contribution >= 0.6 is 23.1 Å². The van der Waals surface area contributed by atoms with E-state index in [1.165, 1.54) is 29.2 Å². The first-order valence-electron chi connectivity index (χ1n) is 7.90. The molecule has 3 rings (SSSR count). The second-order valence-corrected chi connectivity index (χ2v) is 10.2. The molecule has 3 aromatic rings. The number of thiazole rings is 1. The first kappa shape index (κ1) is 18.9. The summed E-state index contributed by atoms with van der Waals surface area (Å²) < 4.78 is 24.0. The Labute approximate surface area is 160 Å². The molecule has 0 spiro atoms. The van der Waals surface area contributed by atoms with Crippen LogP contribution in [0.3, 0.4) is 0 Å². The number of carbonyl (C=O) groups excluding carboxylic acids is 1. The number of rotatable bonds is 6. The topological polar surface area (TPSA) is 76.1 Å². The summed E-state index contributed by atoms with van der Waals surface area (Å²) in [5.41, 5.74) is 1.84. The minimum atomic E-state index is -3.27. The van der Waals surface area contributed by atoms with E-state index in [2.05, 4.69) is 10.3 Å². The third-order valence-corrected chi connectivity index (χ3v) is 6.99. The van der Waals surface area contributed by atoms with Crippen molar-refractivity contribution in [2.45, 2.75) is 22.8 Å². The number of nitrogens with one attached hydrogen (secondary N) is 1. The molecule has 2 aromatic carbocycles. The Bertz CT molecular complexity index is 1030. The number of nitrogens with zero attached hydrogens (tertiary/aromatic N) is 1. The number of fused-ring (bicyclic) bond motifs is 1. The van der Waals surface area contributed by atoms with Gasteiger partial charge in [-0.1, -0.05) is 41.7 Å². The predicted molar refractivity (Wildman–Crippen MR) is 109 cm³/mol. The Balaban J connectivity index is 1.66. The number of hydrogen-bond donors (Lipinski definition) is 1. The molecule has 0 unspecified atom stereocenters. The maximum atomic E-state index is 12.4. The number of benzene rings is 2. The van der Waals surface area contributed by atoms with Crippen LogP contribution in [0.2, 0.25) is 0 Å². The Morgan fingerprint density at radius 1 is 1.23 bits per heavy atom. The second-order valence-electron chi connectivity index (χ2n) is 5.85. The van der Waals surface area contributed by atoms with Crippen LogP contribution in [0.1, 0.15) is 12.5 Å². The van der Waals surface area contributed by atoms with Crippen LogP contribution in [0.25, 0.3) is 10.2 Å². The lowest BCUT2D eigenvalue weighted by Gasteiger charge is -2.10. The van der Waals surface area contributed by atoms with Crippen LogP contribution in [-0.4, -0.2) is 30.8 Å². The number of hydrogen-bond acceptors (Lipinski definition) is 6. The van der Waals surface area contributed by atoms with Crippen LogP contribution in [0, 0.1) is 0 Å². The summed E-state index contributed by atoms with van der Waals surface area (Å²) in [5, 5.41) is 3.07. The summed E-state index contributed by atoms with van der Waals surface area (Å²) >= 11 is 2.83. The predicted octanol–water partition coefficient (Wildman–Crippen LogP) is 3.96. The van der Waals surface area contributed by atoms with Gasteiger partial charge in [-0.15, -0.1) is 11.8 Å². The zero-order valence-corrected chi connectivity index (χ0v) is 16.7. The molecule has 1 aromatic heterocycles. The molecule has 26 heavy (non-hydrogen) atoms. The molecule has 0 saturated heterocycles. The van der Waals surface area contributed by atoms with Crippen molar-refractivity contribution in [1.82, 2.24) is 4.98 Å². The van der Waals surface area contributed by atoms with Crippen molar-refractivity contribution in [3.63, 3.8) is 0 Å². The van der Waals surface area contributed by atoms with Crippen LogP contribution in [0.15, 0.2) is 53.4 Å². The second kappa shape index (κ2) is 7.77. The summed E-state index contributed by atoms with van der Waals surface area (Å²) in [6.45, 7) is 1.86. The molecule has 8 heteroatoms. The molecule has 0 bridgehead atoms. The van der Waals surface area contributed by atoms with Crippen LogP contribution in [0.5, 0.6) is 0 Å². The summed E-state index contributed by atoms with van der Waals surface area (Å²) in [5.74, 6) is 0.640. The Kier molecular flexibility index (Phi) is 5.64. The molecule has 1 N–H and O–H groups in total. The van der Waals surface area contributed by atoms with Gasteiger partial charge in [-0.25, -0.2) is 13.4 Å². The highest BCUT2D eigenvalue weighted by atomic mass is 32.2. The molecule has 1 amide bonds. The smallest absolute Gasteiger partial charge is 0.238 e. The zero-order valence-electron chi connectivity index (χ0n) is 14.3. The lowest BCUT2D eigenvalue weighted by molar-refractivity contribution is -0.115. The molecule has 0 fully saturated rings. The van der Waals surface area contributed by atoms with Gasteiger partial charge in [-0.3, -0.25) is 4.79 Å². The minimum absolute atomic E-state index is 0.117. The molecule has 0 radical (unpaired) electrons. The Hall–Kier alpha value is -1.90. The standard InChI is InChI=1S/C18H18N2O3S3/c1-12(24-11-13-6-4-3-5-7-13)17(21)20-18-19-15-9-8-14(26(2,22)23)10-16(15)25-18/h3-10,12H,11H2,1-2H3,(H,19,20,21)/t12-/m1/s1. The van der Waals surface area contributed by atoms with E-state index in [4.69, 9.17) is 0 Å². The van der Waals surface area contributed by atoms with Gasteiger partial charge < -0.3 is 5.32 Å². The fourth-order valence-corrected chi connectivity index (χ4v) is 4.74. The maximum Gasteiger partial charge on any atom is 0.238 e. The largest absolute Gasteiger partial charge is 0.301 e. The number of aromatic nitrogens is 1. The van der Waals surface area contributed by atoms with Gasteiger partial charge in [0.15, 0.2) is 15.0 Å². The van der Waals surface area contributed by atoms with Crippen LogP contribution in [-0.2, 0) is 20.4 Å². The molecule has 0 aliphatic heterocycles. The normalized spacial score (nSPS) is 12.8. The number of carbonyl (C=O) groups is 1. The van der Waals surface area contributed by atoms with Gasteiger partial charge in [0, 0.05) is 12.0 Å². The van der Waals surface area contributed by atoms with Gasteiger partial charge in [-0.05, 0) is 30.7 Å². The lowest BCUT2D eigenvalue weighted by atomic mass is 10.2. The van der Waals surface area contributed by atoms with E-state index in [0.29, 0.717) is 10.6 Å². The van der Waals surface area contributed by atoms with Crippen molar-refractivity contribution < 1.29 is 13.2 Å². The molecular formula is C18H18N2O3S3. The summed E-state index contributed by atoms with van der Waals surface area (Å²) in [7, 11) is -3.27. The number of thioether (sulfide) groups is 1. The fraction of sp³-hybridized carbons (Fsp3) is 0.222. The molecule has 5 nitrogen and oxygen atoms in total. The van der Waals surface area contributed by atoms with Crippen molar-refractivity contribution in [2.24, 2.45) is 0 Å². The van der Waals surface area contributed by atoms with E-state index in [9.17, 15) is 13.2 Å². The zero-order chi connectivity index (χ0) is 18.7. The van der Waals surface area contributed by atoms with Gasteiger partial charge in [0.2, 0.25) is 5.91 Å². The van der Waals surface area contributed by atoms with Crippen molar-refractivity contribution >= 4 is 54.2 Å². The lowest BCUT2D eigenvalue weighted by Crippen LogP contribution is -2.22. The van der Waals surface area contributed by atoms with E-state index in [1.807, 2.05) is 37.3 Å². The van der Waals surface area contributed by atoms with Gasteiger partial charge in [0.1, 0.15) is 0 Å². The molecule has 0 aliphatic carbocycles. The van der Waals surface area contributed by atoms with E-state index in [1.54, 1.807) is 23.9 Å². The first-order chi connectivity index (χ1) is 12.3. The van der Waals surface area contributed by atoms with Crippen molar-refractivity contribution in [1.29, 1.82) is 0 Å². The highest BCUT2D eigenvalue weighted by Crippen LogP contribution is 2.29. The summed E-state index contributed by atoms with van der Waals surface area (Å²) in [6.07, 6.45) is 1.17. The Morgan fingerprint density at radius 2 is 1.96 bits per heavy atom. The molecule has 1 atom stereocenters. The highest BCUT2D eigenvalue weighted by Gasteiger charge is 2.16. The van der Waals surface area contributed by atoms with Crippen LogP contribution in [0.4, 0.5) is 5.13 Å². The molecule has 0 aliphatic rings. The van der Waals surface area contributed by atoms with Gasteiger partial charge >= 0.3 is 0 Å². The monoisotopic (exact) mass is 406 g/mol. The summed E-state index contributed by atoms with van der Waals surface area (Å²) in [6, 6.07) is 14.8. The maximum absolute atomic E-state index is 12.4. The number of amides is 1. The molecule has 1 heterocycles. The SMILES string of the molecule is C[C@@H](SCc1ccccc1)C(=O)Nc1nc2ccc(S(C)(=O)=O)cc2s1. The first-order valence-corrected chi connectivity index (χ1v) is 11.7. The average Bonchev–Trinajstić information content (AvgIpc) is 3.01.